The highest BCUT2D eigenvalue weighted by atomic mass is 127. The lowest BCUT2D eigenvalue weighted by molar-refractivity contribution is 0.0566. The minimum atomic E-state index is -2.80. The van der Waals surface area contributed by atoms with Gasteiger partial charge in [-0.3, -0.25) is 5.41 Å². The summed E-state index contributed by atoms with van der Waals surface area (Å²) in [5.74, 6) is -0.107. The molecule has 4 rings (SSSR count). The van der Waals surface area contributed by atoms with E-state index in [4.69, 9.17) is 21.1 Å². The fourth-order valence-electron chi connectivity index (χ4n) is 3.55. The second kappa shape index (κ2) is 8.97. The Balaban J connectivity index is 0.00000181. The van der Waals surface area contributed by atoms with E-state index in [1.807, 2.05) is 6.07 Å². The van der Waals surface area contributed by atoms with Gasteiger partial charge in [-0.15, -0.1) is 24.0 Å². The van der Waals surface area contributed by atoms with Gasteiger partial charge in [-0.2, -0.15) is 19.1 Å². The zero-order valence-corrected chi connectivity index (χ0v) is 18.3. The predicted molar refractivity (Wildman–Crippen MR) is 121 cm³/mol. The van der Waals surface area contributed by atoms with E-state index in [1.54, 1.807) is 24.3 Å². The van der Waals surface area contributed by atoms with Gasteiger partial charge in [-0.1, -0.05) is 6.07 Å². The molecule has 0 unspecified atom stereocenters. The van der Waals surface area contributed by atoms with Crippen LogP contribution in [0.25, 0.3) is 0 Å². The molecular formula is C21H19F3IN5O. The fourth-order valence-corrected chi connectivity index (χ4v) is 3.55. The molecule has 0 fully saturated rings. The molecule has 2 aromatic carbocycles. The minimum absolute atomic E-state index is 0. The molecule has 1 aliphatic carbocycles. The summed E-state index contributed by atoms with van der Waals surface area (Å²) in [4.78, 5) is 0. The van der Waals surface area contributed by atoms with Crippen molar-refractivity contribution in [2.24, 2.45) is 0 Å². The van der Waals surface area contributed by atoms with Crippen molar-refractivity contribution in [1.29, 1.82) is 10.7 Å². The van der Waals surface area contributed by atoms with Gasteiger partial charge in [0.05, 0.1) is 17.5 Å². The average Bonchev–Trinajstić information content (AvgIpc) is 3.37. The number of anilines is 1. The summed E-state index contributed by atoms with van der Waals surface area (Å²) in [5.41, 5.74) is 7.85. The van der Waals surface area contributed by atoms with Crippen LogP contribution in [0.15, 0.2) is 42.7 Å². The van der Waals surface area contributed by atoms with Crippen LogP contribution >= 0.6 is 24.0 Å². The standard InChI is InChI=1S/C21H16F3N5O.HI.H2/c22-19-11(8-25)1-3-14-15(19)4-6-18(14)30-13-2-5-17(26)16(7-13)20(27)12-9-28-29(10-12)21(23)24;;/h1-3,5,7,9-10,18,21,27H,4,6,26H2;2*1H/t18-;;/m0../s1. The van der Waals surface area contributed by atoms with Crippen molar-refractivity contribution < 1.29 is 19.3 Å². The van der Waals surface area contributed by atoms with Crippen LogP contribution in [0.2, 0.25) is 0 Å². The maximum absolute atomic E-state index is 14.4. The largest absolute Gasteiger partial charge is 0.486 e. The molecule has 1 atom stereocenters. The predicted octanol–water partition coefficient (Wildman–Crippen LogP) is 5.22. The maximum Gasteiger partial charge on any atom is 0.333 e. The molecule has 0 saturated carbocycles. The molecule has 0 radical (unpaired) electrons. The number of fused-ring (bicyclic) bond motifs is 1. The van der Waals surface area contributed by atoms with Crippen LogP contribution in [-0.4, -0.2) is 15.5 Å². The molecule has 0 saturated heterocycles. The van der Waals surface area contributed by atoms with E-state index in [0.717, 1.165) is 6.20 Å². The number of nitrogens with zero attached hydrogens (tertiary/aromatic N) is 3. The normalized spacial score (nSPS) is 14.6. The first kappa shape index (κ1) is 22.6. The van der Waals surface area contributed by atoms with E-state index in [-0.39, 0.29) is 47.9 Å². The van der Waals surface area contributed by atoms with Crippen molar-refractivity contribution in [2.45, 2.75) is 25.5 Å². The Hall–Kier alpha value is -3.07. The van der Waals surface area contributed by atoms with Gasteiger partial charge in [0.15, 0.2) is 0 Å². The smallest absolute Gasteiger partial charge is 0.333 e. The highest BCUT2D eigenvalue weighted by Crippen LogP contribution is 2.38. The summed E-state index contributed by atoms with van der Waals surface area (Å²) >= 11 is 0. The molecule has 3 N–H and O–H groups in total. The van der Waals surface area contributed by atoms with E-state index in [2.05, 4.69) is 5.10 Å². The molecule has 6 nitrogen and oxygen atoms in total. The molecule has 1 heterocycles. The molecule has 10 heteroatoms. The fraction of sp³-hybridized carbons (Fsp3) is 0.190. The molecule has 1 aliphatic rings. The monoisotopic (exact) mass is 541 g/mol. The van der Waals surface area contributed by atoms with Gasteiger partial charge in [0.1, 0.15) is 23.7 Å². The number of hydrogen-bond acceptors (Lipinski definition) is 5. The van der Waals surface area contributed by atoms with E-state index in [9.17, 15) is 13.2 Å². The van der Waals surface area contributed by atoms with Crippen molar-refractivity contribution in [1.82, 2.24) is 9.78 Å². The zero-order chi connectivity index (χ0) is 21.4. The Bertz CT molecular complexity index is 1190. The second-order valence-electron chi connectivity index (χ2n) is 6.86. The molecular weight excluding hydrogens is 522 g/mol. The molecule has 162 valence electrons. The van der Waals surface area contributed by atoms with Crippen molar-refractivity contribution >= 4 is 35.4 Å². The number of aromatic nitrogens is 2. The lowest BCUT2D eigenvalue weighted by Gasteiger charge is -2.17. The van der Waals surface area contributed by atoms with Gasteiger partial charge >= 0.3 is 6.55 Å². The quantitative estimate of drug-likeness (QED) is 0.263. The summed E-state index contributed by atoms with van der Waals surface area (Å²) in [7, 11) is 0. The minimum Gasteiger partial charge on any atom is -0.486 e. The number of halogens is 4. The number of benzene rings is 2. The molecule has 31 heavy (non-hydrogen) atoms. The number of nitriles is 1. The van der Waals surface area contributed by atoms with Gasteiger partial charge < -0.3 is 10.5 Å². The van der Waals surface area contributed by atoms with Crippen LogP contribution in [0.5, 0.6) is 5.75 Å². The van der Waals surface area contributed by atoms with Gasteiger partial charge in [0.2, 0.25) is 0 Å². The Morgan fingerprint density at radius 3 is 2.81 bits per heavy atom. The van der Waals surface area contributed by atoms with E-state index < -0.39 is 18.5 Å². The Morgan fingerprint density at radius 2 is 2.13 bits per heavy atom. The molecule has 3 aromatic rings. The number of rotatable bonds is 5. The average molecular weight is 541 g/mol. The Morgan fingerprint density at radius 1 is 1.35 bits per heavy atom. The van der Waals surface area contributed by atoms with Crippen molar-refractivity contribution in [3.8, 4) is 11.8 Å². The van der Waals surface area contributed by atoms with E-state index in [0.29, 0.717) is 40.0 Å². The van der Waals surface area contributed by atoms with Crippen LogP contribution in [-0.2, 0) is 6.42 Å². The number of nitrogen functional groups attached to an aromatic ring is 1. The van der Waals surface area contributed by atoms with Gasteiger partial charge in [0, 0.05) is 24.4 Å². The van der Waals surface area contributed by atoms with Crippen LogP contribution < -0.4 is 10.5 Å². The first-order chi connectivity index (χ1) is 14.4. The third-order valence-electron chi connectivity index (χ3n) is 5.07. The summed E-state index contributed by atoms with van der Waals surface area (Å²) in [6.07, 6.45) is 2.83. The van der Waals surface area contributed by atoms with Crippen molar-refractivity contribution in [3.05, 3.63) is 76.4 Å². The number of nitrogens with one attached hydrogen (secondary N) is 1. The van der Waals surface area contributed by atoms with E-state index >= 15 is 0 Å². The first-order valence-electron chi connectivity index (χ1n) is 9.08. The highest BCUT2D eigenvalue weighted by Gasteiger charge is 2.28. The van der Waals surface area contributed by atoms with Crippen LogP contribution in [0.1, 0.15) is 48.3 Å². The summed E-state index contributed by atoms with van der Waals surface area (Å²) in [6.45, 7) is -2.80. The number of nitrogens with two attached hydrogens (primary N) is 1. The molecule has 0 aliphatic heterocycles. The van der Waals surface area contributed by atoms with Crippen LogP contribution in [0, 0.1) is 22.6 Å². The third kappa shape index (κ3) is 4.23. The lowest BCUT2D eigenvalue weighted by atomic mass is 10.0. The molecule has 0 amide bonds. The van der Waals surface area contributed by atoms with Gasteiger partial charge in [-0.25, -0.2) is 9.07 Å². The second-order valence-corrected chi connectivity index (χ2v) is 6.86. The number of ether oxygens (including phenoxy) is 1. The third-order valence-corrected chi connectivity index (χ3v) is 5.07. The van der Waals surface area contributed by atoms with E-state index in [1.165, 1.54) is 12.3 Å². The molecule has 1 aromatic heterocycles. The maximum atomic E-state index is 14.4. The Labute approximate surface area is 194 Å². The molecule has 0 spiro atoms. The highest BCUT2D eigenvalue weighted by molar-refractivity contribution is 14.0. The topological polar surface area (TPSA) is 101 Å². The van der Waals surface area contributed by atoms with Crippen LogP contribution in [0.4, 0.5) is 18.9 Å². The van der Waals surface area contributed by atoms with Crippen molar-refractivity contribution in [2.75, 3.05) is 5.73 Å². The number of alkyl halides is 2. The zero-order valence-electron chi connectivity index (χ0n) is 16.0. The molecule has 0 bridgehead atoms. The first-order valence-corrected chi connectivity index (χ1v) is 9.08. The lowest BCUT2D eigenvalue weighted by Crippen LogP contribution is -2.08. The van der Waals surface area contributed by atoms with Gasteiger partial charge in [-0.05, 0) is 48.2 Å². The summed E-state index contributed by atoms with van der Waals surface area (Å²) in [5, 5.41) is 20.8. The van der Waals surface area contributed by atoms with Crippen LogP contribution in [0.3, 0.4) is 0 Å². The summed E-state index contributed by atoms with van der Waals surface area (Å²) in [6, 6.07) is 9.70. The Kier molecular flexibility index (Phi) is 6.54. The summed E-state index contributed by atoms with van der Waals surface area (Å²) < 4.78 is 46.4. The number of hydrogen-bond donors (Lipinski definition) is 2. The SMILES string of the molecule is I.N#Cc1ccc2c(c1F)CC[C@@H]2Oc1ccc(N)c(C(=N)c2cnn(C(F)F)c2)c1.[HH]. The van der Waals surface area contributed by atoms with Gasteiger partial charge in [0.25, 0.3) is 0 Å². The van der Waals surface area contributed by atoms with Crippen molar-refractivity contribution in [3.63, 3.8) is 0 Å².